The van der Waals surface area contributed by atoms with Gasteiger partial charge in [-0.1, -0.05) is 6.42 Å². The quantitative estimate of drug-likeness (QED) is 0.719. The number of carbonyl (C=O) groups is 1. The molecular weight excluding hydrogens is 196 g/mol. The molecule has 1 atom stereocenters. The van der Waals surface area contributed by atoms with Crippen molar-refractivity contribution in [1.82, 2.24) is 0 Å². The van der Waals surface area contributed by atoms with Gasteiger partial charge in [-0.25, -0.2) is 4.79 Å². The highest BCUT2D eigenvalue weighted by atomic mass is 16.6. The second-order valence-corrected chi connectivity index (χ2v) is 4.26. The van der Waals surface area contributed by atoms with Gasteiger partial charge in [0.1, 0.15) is 6.10 Å². The van der Waals surface area contributed by atoms with Gasteiger partial charge in [0.05, 0.1) is 6.61 Å². The van der Waals surface area contributed by atoms with Crippen molar-refractivity contribution >= 4 is 5.97 Å². The first kappa shape index (κ1) is 12.5. The predicted molar refractivity (Wildman–Crippen MR) is 55.5 cm³/mol. The van der Waals surface area contributed by atoms with Crippen LogP contribution in [0.25, 0.3) is 0 Å². The van der Waals surface area contributed by atoms with Crippen LogP contribution in [0.1, 0.15) is 39.0 Å². The van der Waals surface area contributed by atoms with E-state index < -0.39 is 11.6 Å². The Bertz CT molecular complexity index is 209. The van der Waals surface area contributed by atoms with Crippen molar-refractivity contribution in [3.05, 3.63) is 0 Å². The van der Waals surface area contributed by atoms with Gasteiger partial charge >= 0.3 is 5.97 Å². The first-order chi connectivity index (χ1) is 7.08. The van der Waals surface area contributed by atoms with E-state index in [4.69, 9.17) is 9.47 Å². The van der Waals surface area contributed by atoms with Gasteiger partial charge in [0.2, 0.25) is 0 Å². The predicted octanol–water partition coefficient (Wildman–Crippen LogP) is 1.26. The lowest BCUT2D eigenvalue weighted by atomic mass is 9.85. The van der Waals surface area contributed by atoms with Crippen LogP contribution in [-0.4, -0.2) is 36.5 Å². The third-order valence-electron chi connectivity index (χ3n) is 2.77. The van der Waals surface area contributed by atoms with Crippen molar-refractivity contribution in [2.75, 3.05) is 13.7 Å². The lowest BCUT2D eigenvalue weighted by molar-refractivity contribution is -0.175. The molecule has 1 N–H and O–H groups in total. The van der Waals surface area contributed by atoms with E-state index in [1.165, 1.54) is 0 Å². The Hall–Kier alpha value is -0.610. The Morgan fingerprint density at radius 1 is 1.40 bits per heavy atom. The van der Waals surface area contributed by atoms with Crippen molar-refractivity contribution in [2.24, 2.45) is 0 Å². The lowest BCUT2D eigenvalue weighted by Gasteiger charge is -2.30. The molecule has 0 radical (unpaired) electrons. The smallest absolute Gasteiger partial charge is 0.338 e. The van der Waals surface area contributed by atoms with E-state index in [1.807, 2.05) is 0 Å². The van der Waals surface area contributed by atoms with Crippen LogP contribution in [0.5, 0.6) is 0 Å². The second-order valence-electron chi connectivity index (χ2n) is 4.26. The molecule has 0 aromatic heterocycles. The van der Waals surface area contributed by atoms with E-state index >= 15 is 0 Å². The minimum absolute atomic E-state index is 0.298. The molecular formula is C11H20O4. The summed E-state index contributed by atoms with van der Waals surface area (Å²) >= 11 is 0. The van der Waals surface area contributed by atoms with Gasteiger partial charge in [0, 0.05) is 7.11 Å². The summed E-state index contributed by atoms with van der Waals surface area (Å²) in [7, 11) is 1.56. The SMILES string of the molecule is COCC(C)OC(=O)C1(O)CCCCC1. The first-order valence-electron chi connectivity index (χ1n) is 5.51. The maximum Gasteiger partial charge on any atom is 0.338 e. The highest BCUT2D eigenvalue weighted by Crippen LogP contribution is 2.29. The molecule has 1 unspecified atom stereocenters. The molecule has 0 saturated heterocycles. The van der Waals surface area contributed by atoms with E-state index in [0.29, 0.717) is 19.4 Å². The largest absolute Gasteiger partial charge is 0.458 e. The number of rotatable bonds is 4. The molecule has 1 aliphatic carbocycles. The van der Waals surface area contributed by atoms with Crippen LogP contribution >= 0.6 is 0 Å². The van der Waals surface area contributed by atoms with E-state index in [-0.39, 0.29) is 6.10 Å². The lowest BCUT2D eigenvalue weighted by Crippen LogP contribution is -2.43. The van der Waals surface area contributed by atoms with Crippen molar-refractivity contribution in [3.63, 3.8) is 0 Å². The van der Waals surface area contributed by atoms with Gasteiger partial charge in [-0.2, -0.15) is 0 Å². The van der Waals surface area contributed by atoms with Crippen molar-refractivity contribution in [3.8, 4) is 0 Å². The van der Waals surface area contributed by atoms with E-state index in [2.05, 4.69) is 0 Å². The molecule has 0 bridgehead atoms. The Kier molecular flexibility index (Phi) is 4.54. The third kappa shape index (κ3) is 3.47. The summed E-state index contributed by atoms with van der Waals surface area (Å²) in [5.74, 6) is -0.494. The zero-order chi connectivity index (χ0) is 11.3. The summed E-state index contributed by atoms with van der Waals surface area (Å²) in [5.41, 5.74) is -1.25. The minimum atomic E-state index is -1.25. The average molecular weight is 216 g/mol. The Balaban J connectivity index is 2.44. The van der Waals surface area contributed by atoms with Crippen LogP contribution in [0.3, 0.4) is 0 Å². The number of carbonyl (C=O) groups excluding carboxylic acids is 1. The fourth-order valence-electron chi connectivity index (χ4n) is 1.90. The summed E-state index contributed by atoms with van der Waals surface area (Å²) in [6.07, 6.45) is 3.61. The normalized spacial score (nSPS) is 22.1. The fourth-order valence-corrected chi connectivity index (χ4v) is 1.90. The standard InChI is InChI=1S/C11H20O4/c1-9(8-14-2)15-10(12)11(13)6-4-3-5-7-11/h9,13H,3-8H2,1-2H3. The van der Waals surface area contributed by atoms with Crippen LogP contribution in [0.4, 0.5) is 0 Å². The molecule has 4 heteroatoms. The zero-order valence-electron chi connectivity index (χ0n) is 9.49. The average Bonchev–Trinajstić information content (AvgIpc) is 2.19. The van der Waals surface area contributed by atoms with Crippen molar-refractivity contribution in [1.29, 1.82) is 0 Å². The number of ether oxygens (including phenoxy) is 2. The molecule has 0 amide bonds. The van der Waals surface area contributed by atoms with Crippen LogP contribution in [0, 0.1) is 0 Å². The molecule has 1 aliphatic rings. The van der Waals surface area contributed by atoms with Gasteiger partial charge in [0.15, 0.2) is 5.60 Å². The molecule has 0 aromatic rings. The van der Waals surface area contributed by atoms with Crippen molar-refractivity contribution in [2.45, 2.75) is 50.7 Å². The summed E-state index contributed by atoms with van der Waals surface area (Å²) < 4.78 is 9.99. The molecule has 0 heterocycles. The van der Waals surface area contributed by atoms with Crippen molar-refractivity contribution < 1.29 is 19.4 Å². The molecule has 15 heavy (non-hydrogen) atoms. The molecule has 0 aromatic carbocycles. The summed E-state index contributed by atoms with van der Waals surface area (Å²) in [5, 5.41) is 10.0. The van der Waals surface area contributed by atoms with E-state index in [1.54, 1.807) is 14.0 Å². The summed E-state index contributed by atoms with van der Waals surface area (Å²) in [6.45, 7) is 2.12. The first-order valence-corrected chi connectivity index (χ1v) is 5.51. The number of esters is 1. The van der Waals surface area contributed by atoms with E-state index in [9.17, 15) is 9.90 Å². The van der Waals surface area contributed by atoms with Gasteiger partial charge in [-0.05, 0) is 32.6 Å². The van der Waals surface area contributed by atoms with Gasteiger partial charge in [-0.3, -0.25) is 0 Å². The molecule has 1 saturated carbocycles. The molecule has 1 rings (SSSR count). The number of hydrogen-bond donors (Lipinski definition) is 1. The highest BCUT2D eigenvalue weighted by Gasteiger charge is 2.39. The summed E-state index contributed by atoms with van der Waals surface area (Å²) in [4.78, 5) is 11.7. The van der Waals surface area contributed by atoms with Crippen LogP contribution < -0.4 is 0 Å². The number of aliphatic hydroxyl groups is 1. The number of hydrogen-bond acceptors (Lipinski definition) is 4. The maximum atomic E-state index is 11.7. The monoisotopic (exact) mass is 216 g/mol. The molecule has 88 valence electrons. The minimum Gasteiger partial charge on any atom is -0.458 e. The third-order valence-corrected chi connectivity index (χ3v) is 2.77. The van der Waals surface area contributed by atoms with Crippen LogP contribution in [0.2, 0.25) is 0 Å². The van der Waals surface area contributed by atoms with Crippen LogP contribution in [-0.2, 0) is 14.3 Å². The second kappa shape index (κ2) is 5.47. The Labute approximate surface area is 90.6 Å². The molecule has 1 fully saturated rings. The Morgan fingerprint density at radius 3 is 2.53 bits per heavy atom. The zero-order valence-corrected chi connectivity index (χ0v) is 9.49. The molecule has 0 spiro atoms. The Morgan fingerprint density at radius 2 is 2.00 bits per heavy atom. The molecule has 4 nitrogen and oxygen atoms in total. The van der Waals surface area contributed by atoms with Gasteiger partial charge in [-0.15, -0.1) is 0 Å². The molecule has 0 aliphatic heterocycles. The van der Waals surface area contributed by atoms with Crippen LogP contribution in [0.15, 0.2) is 0 Å². The fraction of sp³-hybridized carbons (Fsp3) is 0.909. The maximum absolute atomic E-state index is 11.7. The number of methoxy groups -OCH3 is 1. The van der Waals surface area contributed by atoms with Gasteiger partial charge < -0.3 is 14.6 Å². The van der Waals surface area contributed by atoms with Gasteiger partial charge in [0.25, 0.3) is 0 Å². The highest BCUT2D eigenvalue weighted by molar-refractivity contribution is 5.79. The van der Waals surface area contributed by atoms with E-state index in [0.717, 1.165) is 19.3 Å². The topological polar surface area (TPSA) is 55.8 Å². The summed E-state index contributed by atoms with van der Waals surface area (Å²) in [6, 6.07) is 0.